The maximum atomic E-state index is 13.1. The predicted molar refractivity (Wildman–Crippen MR) is 125 cm³/mol. The largest absolute Gasteiger partial charge is 0.426 e. The number of carbonyl (C=O) groups is 3. The van der Waals surface area contributed by atoms with Crippen molar-refractivity contribution in [1.82, 2.24) is 4.90 Å². The number of hydrogen-bond acceptors (Lipinski definition) is 5. The van der Waals surface area contributed by atoms with Crippen LogP contribution in [0.1, 0.15) is 60.5 Å². The van der Waals surface area contributed by atoms with Gasteiger partial charge in [-0.25, -0.2) is 0 Å². The fraction of sp³-hybridized carbons (Fsp3) is 0.423. The van der Waals surface area contributed by atoms with E-state index in [9.17, 15) is 14.4 Å². The molecule has 6 nitrogen and oxygen atoms in total. The Morgan fingerprint density at radius 3 is 2.47 bits per heavy atom. The zero-order valence-electron chi connectivity index (χ0n) is 19.1. The van der Waals surface area contributed by atoms with E-state index in [-0.39, 0.29) is 17.7 Å². The molecule has 3 rings (SSSR count). The summed E-state index contributed by atoms with van der Waals surface area (Å²) in [7, 11) is 0. The summed E-state index contributed by atoms with van der Waals surface area (Å²) in [6, 6.07) is 12.6. The number of para-hydroxylation sites is 2. The first kappa shape index (κ1) is 23.7. The average Bonchev–Trinajstić information content (AvgIpc) is 2.76. The highest BCUT2D eigenvalue weighted by molar-refractivity contribution is 5.99. The van der Waals surface area contributed by atoms with Crippen LogP contribution >= 0.6 is 0 Å². The predicted octanol–water partition coefficient (Wildman–Crippen LogP) is 4.68. The number of rotatable bonds is 8. The Hall–Kier alpha value is -2.99. The number of esters is 1. The fourth-order valence-corrected chi connectivity index (χ4v) is 4.29. The Labute approximate surface area is 189 Å². The molecule has 2 aromatic carbocycles. The highest BCUT2D eigenvalue weighted by Crippen LogP contribution is 2.24. The van der Waals surface area contributed by atoms with Crippen molar-refractivity contribution >= 4 is 23.3 Å². The third-order valence-corrected chi connectivity index (χ3v) is 5.94. The lowest BCUT2D eigenvalue weighted by atomic mass is 9.99. The van der Waals surface area contributed by atoms with Crippen LogP contribution in [0, 0.1) is 13.8 Å². The maximum Gasteiger partial charge on any atom is 0.308 e. The number of nitrogens with zero attached hydrogens (tertiary/aromatic N) is 1. The van der Waals surface area contributed by atoms with Crippen LogP contribution in [0.15, 0.2) is 42.5 Å². The van der Waals surface area contributed by atoms with Gasteiger partial charge in [0.05, 0.1) is 11.6 Å². The summed E-state index contributed by atoms with van der Waals surface area (Å²) in [5.41, 5.74) is 3.42. The van der Waals surface area contributed by atoms with Gasteiger partial charge in [-0.3, -0.25) is 19.3 Å². The first-order valence-electron chi connectivity index (χ1n) is 11.3. The molecule has 1 saturated heterocycles. The van der Waals surface area contributed by atoms with Crippen LogP contribution < -0.4 is 10.1 Å². The number of benzene rings is 2. The van der Waals surface area contributed by atoms with Gasteiger partial charge >= 0.3 is 5.97 Å². The van der Waals surface area contributed by atoms with Crippen LogP contribution in [-0.2, 0) is 9.59 Å². The molecule has 0 bridgehead atoms. The van der Waals surface area contributed by atoms with Gasteiger partial charge in [-0.1, -0.05) is 36.8 Å². The Morgan fingerprint density at radius 2 is 1.75 bits per heavy atom. The van der Waals surface area contributed by atoms with Gasteiger partial charge in [-0.2, -0.15) is 0 Å². The number of likely N-dealkylation sites (tertiary alicyclic amines) is 1. The van der Waals surface area contributed by atoms with Gasteiger partial charge in [0.1, 0.15) is 5.75 Å². The normalized spacial score (nSPS) is 16.4. The van der Waals surface area contributed by atoms with Gasteiger partial charge in [0.2, 0.25) is 5.91 Å². The van der Waals surface area contributed by atoms with Crippen molar-refractivity contribution in [3.05, 3.63) is 59.2 Å². The number of Topliss-reactive ketones (excluding diaryl/α,β-unsaturated/α-hetero) is 1. The van der Waals surface area contributed by atoms with Crippen LogP contribution in [0.5, 0.6) is 5.75 Å². The molecule has 1 atom stereocenters. The first-order valence-corrected chi connectivity index (χ1v) is 11.3. The van der Waals surface area contributed by atoms with Crippen molar-refractivity contribution in [3.63, 3.8) is 0 Å². The summed E-state index contributed by atoms with van der Waals surface area (Å²) in [4.78, 5) is 39.3. The zero-order chi connectivity index (χ0) is 23.1. The summed E-state index contributed by atoms with van der Waals surface area (Å²) in [5, 5.41) is 3.13. The molecular weight excluding hydrogens is 404 g/mol. The molecule has 0 radical (unpaired) electrons. The number of nitrogens with one attached hydrogen (secondary N) is 1. The topological polar surface area (TPSA) is 75.7 Å². The molecule has 0 saturated carbocycles. The Kier molecular flexibility index (Phi) is 8.17. The quantitative estimate of drug-likeness (QED) is 0.369. The monoisotopic (exact) mass is 436 g/mol. The Bertz CT molecular complexity index is 965. The molecule has 6 heteroatoms. The lowest BCUT2D eigenvalue weighted by molar-refractivity contribution is -0.131. The van der Waals surface area contributed by atoms with Crippen LogP contribution in [0.4, 0.5) is 5.69 Å². The molecule has 1 fully saturated rings. The van der Waals surface area contributed by atoms with Crippen molar-refractivity contribution < 1.29 is 19.1 Å². The number of ketones is 1. The summed E-state index contributed by atoms with van der Waals surface area (Å²) in [6.45, 7) is 6.84. The number of ether oxygens (including phenoxy) is 1. The molecule has 2 aromatic rings. The van der Waals surface area contributed by atoms with Crippen molar-refractivity contribution in [2.24, 2.45) is 0 Å². The second-order valence-corrected chi connectivity index (χ2v) is 8.42. The molecule has 170 valence electrons. The molecule has 1 N–H and O–H groups in total. The van der Waals surface area contributed by atoms with Crippen molar-refractivity contribution in [3.8, 4) is 5.75 Å². The first-order chi connectivity index (χ1) is 15.4. The molecular formula is C26H32N2O4. The molecule has 1 heterocycles. The molecule has 1 amide bonds. The number of carbonyl (C=O) groups excluding carboxylic acids is 3. The lowest BCUT2D eigenvalue weighted by Gasteiger charge is -2.34. The van der Waals surface area contributed by atoms with Gasteiger partial charge in [0, 0.05) is 19.0 Å². The summed E-state index contributed by atoms with van der Waals surface area (Å²) >= 11 is 0. The summed E-state index contributed by atoms with van der Waals surface area (Å²) in [5.74, 6) is -0.186. The number of piperidine rings is 1. The zero-order valence-corrected chi connectivity index (χ0v) is 19.1. The second kappa shape index (κ2) is 11.0. The van der Waals surface area contributed by atoms with Crippen LogP contribution in [0.2, 0.25) is 0 Å². The standard InChI is InChI=1S/C26H32N2O4/c1-18-10-8-11-19(2)25(18)27-26(31)22-13-6-7-16-28(22)17-9-14-23(30)21-12-4-5-15-24(21)32-20(3)29/h4-5,8,10-12,15,22H,6-7,9,13-14,16-17H2,1-3H3,(H,27,31). The van der Waals surface area contributed by atoms with Crippen LogP contribution in [-0.4, -0.2) is 41.7 Å². The number of anilines is 1. The fourth-order valence-electron chi connectivity index (χ4n) is 4.29. The third kappa shape index (κ3) is 6.04. The maximum absolute atomic E-state index is 13.1. The minimum Gasteiger partial charge on any atom is -0.426 e. The Morgan fingerprint density at radius 1 is 1.03 bits per heavy atom. The van der Waals surface area contributed by atoms with Gasteiger partial charge in [0.15, 0.2) is 5.78 Å². The van der Waals surface area contributed by atoms with E-state index in [1.807, 2.05) is 32.0 Å². The van der Waals surface area contributed by atoms with Gasteiger partial charge < -0.3 is 10.1 Å². The minimum atomic E-state index is -0.448. The van der Waals surface area contributed by atoms with E-state index in [4.69, 9.17) is 4.74 Å². The third-order valence-electron chi connectivity index (χ3n) is 5.94. The molecule has 1 unspecified atom stereocenters. The van der Waals surface area contributed by atoms with Gasteiger partial charge in [-0.05, 0) is 69.5 Å². The van der Waals surface area contributed by atoms with Crippen molar-refractivity contribution in [2.45, 2.75) is 58.9 Å². The number of hydrogen-bond donors (Lipinski definition) is 1. The summed E-state index contributed by atoms with van der Waals surface area (Å²) < 4.78 is 5.16. The Balaban J connectivity index is 1.60. The van der Waals surface area contributed by atoms with E-state index < -0.39 is 5.97 Å². The molecule has 1 aliphatic heterocycles. The van der Waals surface area contributed by atoms with Crippen LogP contribution in [0.25, 0.3) is 0 Å². The highest BCUT2D eigenvalue weighted by Gasteiger charge is 2.29. The van der Waals surface area contributed by atoms with Gasteiger partial charge in [0.25, 0.3) is 0 Å². The average molecular weight is 437 g/mol. The number of amides is 1. The molecule has 1 aliphatic rings. The highest BCUT2D eigenvalue weighted by atomic mass is 16.5. The van der Waals surface area contributed by atoms with E-state index in [0.717, 1.165) is 42.6 Å². The van der Waals surface area contributed by atoms with E-state index in [1.54, 1.807) is 24.3 Å². The van der Waals surface area contributed by atoms with Gasteiger partial charge in [-0.15, -0.1) is 0 Å². The molecule has 32 heavy (non-hydrogen) atoms. The molecule has 0 aliphatic carbocycles. The van der Waals surface area contributed by atoms with E-state index in [1.165, 1.54) is 6.92 Å². The van der Waals surface area contributed by atoms with Crippen molar-refractivity contribution in [1.29, 1.82) is 0 Å². The van der Waals surface area contributed by atoms with E-state index >= 15 is 0 Å². The molecule has 0 spiro atoms. The minimum absolute atomic E-state index is 0.0219. The molecule has 0 aromatic heterocycles. The second-order valence-electron chi connectivity index (χ2n) is 8.42. The number of aryl methyl sites for hydroxylation is 2. The van der Waals surface area contributed by atoms with E-state index in [2.05, 4.69) is 10.2 Å². The van der Waals surface area contributed by atoms with E-state index in [0.29, 0.717) is 30.7 Å². The summed E-state index contributed by atoms with van der Waals surface area (Å²) in [6.07, 6.45) is 3.87. The van der Waals surface area contributed by atoms with Crippen LogP contribution in [0.3, 0.4) is 0 Å². The lowest BCUT2D eigenvalue weighted by Crippen LogP contribution is -2.47. The SMILES string of the molecule is CC(=O)Oc1ccccc1C(=O)CCCN1CCCCC1C(=O)Nc1c(C)cccc1C. The van der Waals surface area contributed by atoms with Crippen molar-refractivity contribution in [2.75, 3.05) is 18.4 Å². The smallest absolute Gasteiger partial charge is 0.308 e.